The molecule has 0 aliphatic rings. The summed E-state index contributed by atoms with van der Waals surface area (Å²) < 4.78 is 28.4. The normalized spacial score (nSPS) is 11.3. The molecule has 0 radical (unpaired) electrons. The lowest BCUT2D eigenvalue weighted by atomic mass is 10.1. The number of non-ortho nitro benzene ring substituents is 1. The first-order valence-corrected chi connectivity index (χ1v) is 9.04. The van der Waals surface area contributed by atoms with E-state index in [0.717, 1.165) is 17.2 Å². The van der Waals surface area contributed by atoms with Gasteiger partial charge in [0.1, 0.15) is 6.33 Å². The Labute approximate surface area is 149 Å². The minimum atomic E-state index is -4.03. The van der Waals surface area contributed by atoms with E-state index in [0.29, 0.717) is 6.54 Å². The van der Waals surface area contributed by atoms with Crippen LogP contribution in [0, 0.1) is 17.0 Å². The van der Waals surface area contributed by atoms with Gasteiger partial charge in [0, 0.05) is 12.1 Å². The lowest BCUT2D eigenvalue weighted by molar-refractivity contribution is -0.385. The fourth-order valence-corrected chi connectivity index (χ4v) is 3.23. The van der Waals surface area contributed by atoms with Gasteiger partial charge in [-0.2, -0.15) is 4.98 Å². The first-order valence-electron chi connectivity index (χ1n) is 7.56. The van der Waals surface area contributed by atoms with E-state index < -0.39 is 14.9 Å². The third-order valence-corrected chi connectivity index (χ3v) is 4.89. The van der Waals surface area contributed by atoms with Gasteiger partial charge in [0.2, 0.25) is 0 Å². The zero-order chi connectivity index (χ0) is 18.7. The molecule has 0 spiro atoms. The zero-order valence-corrected chi connectivity index (χ0v) is 14.5. The van der Waals surface area contributed by atoms with E-state index in [1.807, 2.05) is 31.2 Å². The number of hydrogen-bond acceptors (Lipinski definition) is 6. The number of anilines is 1. The van der Waals surface area contributed by atoms with Crippen LogP contribution in [0.1, 0.15) is 11.1 Å². The van der Waals surface area contributed by atoms with Crippen LogP contribution in [0.25, 0.3) is 0 Å². The van der Waals surface area contributed by atoms with Gasteiger partial charge in [-0.15, -0.1) is 5.10 Å². The van der Waals surface area contributed by atoms with Gasteiger partial charge < -0.3 is 0 Å². The number of benzene rings is 2. The van der Waals surface area contributed by atoms with E-state index in [9.17, 15) is 18.5 Å². The highest BCUT2D eigenvalue weighted by atomic mass is 32.2. The van der Waals surface area contributed by atoms with Gasteiger partial charge >= 0.3 is 0 Å². The second-order valence-corrected chi connectivity index (χ2v) is 7.29. The van der Waals surface area contributed by atoms with Gasteiger partial charge in [-0.1, -0.05) is 35.9 Å². The number of sulfonamides is 1. The van der Waals surface area contributed by atoms with Crippen LogP contribution in [0.3, 0.4) is 0 Å². The number of nitro benzene ring substituents is 1. The second kappa shape index (κ2) is 6.92. The Hall–Kier alpha value is -3.27. The summed E-state index contributed by atoms with van der Waals surface area (Å²) in [5, 5.41) is 14.9. The summed E-state index contributed by atoms with van der Waals surface area (Å²) in [7, 11) is -4.03. The number of nitrogens with zero attached hydrogens (tertiary/aromatic N) is 4. The maximum Gasteiger partial charge on any atom is 0.270 e. The molecule has 0 bridgehead atoms. The third-order valence-electron chi connectivity index (χ3n) is 3.57. The second-order valence-electron chi connectivity index (χ2n) is 5.61. The summed E-state index contributed by atoms with van der Waals surface area (Å²) in [6.07, 6.45) is 1.41. The predicted octanol–water partition coefficient (Wildman–Crippen LogP) is 2.34. The lowest BCUT2D eigenvalue weighted by Gasteiger charge is -2.04. The molecule has 9 nitrogen and oxygen atoms in total. The van der Waals surface area contributed by atoms with E-state index in [4.69, 9.17) is 0 Å². The van der Waals surface area contributed by atoms with Crippen molar-refractivity contribution >= 4 is 21.7 Å². The topological polar surface area (TPSA) is 120 Å². The van der Waals surface area contributed by atoms with Crippen molar-refractivity contribution in [1.29, 1.82) is 0 Å². The number of nitrogens with one attached hydrogen (secondary N) is 1. The first-order chi connectivity index (χ1) is 12.3. The molecule has 0 aliphatic heterocycles. The fraction of sp³-hybridized carbons (Fsp3) is 0.125. The van der Waals surface area contributed by atoms with Gasteiger partial charge in [0.05, 0.1) is 16.4 Å². The molecule has 10 heteroatoms. The minimum absolute atomic E-state index is 0.108. The Bertz CT molecular complexity index is 1040. The third kappa shape index (κ3) is 4.03. The quantitative estimate of drug-likeness (QED) is 0.523. The molecule has 0 saturated heterocycles. The van der Waals surface area contributed by atoms with Crippen molar-refractivity contribution < 1.29 is 13.3 Å². The van der Waals surface area contributed by atoms with Crippen LogP contribution in [0.4, 0.5) is 11.6 Å². The maximum absolute atomic E-state index is 12.4. The monoisotopic (exact) mass is 373 g/mol. The molecule has 0 fully saturated rings. The van der Waals surface area contributed by atoms with Crippen LogP contribution in [-0.4, -0.2) is 28.1 Å². The first kappa shape index (κ1) is 17.5. The highest BCUT2D eigenvalue weighted by Crippen LogP contribution is 2.19. The molecule has 2 aromatic carbocycles. The molecule has 0 unspecified atom stereocenters. The molecule has 1 heterocycles. The summed E-state index contributed by atoms with van der Waals surface area (Å²) in [6, 6.07) is 12.6. The molecule has 134 valence electrons. The molecule has 0 saturated carbocycles. The highest BCUT2D eigenvalue weighted by Gasteiger charge is 2.19. The molecule has 3 aromatic rings. The van der Waals surface area contributed by atoms with Crippen molar-refractivity contribution in [3.05, 3.63) is 76.1 Å². The van der Waals surface area contributed by atoms with E-state index in [-0.39, 0.29) is 16.5 Å². The van der Waals surface area contributed by atoms with Gasteiger partial charge in [0.25, 0.3) is 21.7 Å². The van der Waals surface area contributed by atoms with Crippen molar-refractivity contribution in [2.24, 2.45) is 0 Å². The predicted molar refractivity (Wildman–Crippen MR) is 94.2 cm³/mol. The average molecular weight is 373 g/mol. The molecule has 3 rings (SSSR count). The van der Waals surface area contributed by atoms with Crippen molar-refractivity contribution in [2.45, 2.75) is 18.4 Å². The van der Waals surface area contributed by atoms with Crippen LogP contribution in [0.2, 0.25) is 0 Å². The van der Waals surface area contributed by atoms with Crippen molar-refractivity contribution in [3.63, 3.8) is 0 Å². The Morgan fingerprint density at radius 3 is 2.62 bits per heavy atom. The number of hydrogen-bond donors (Lipinski definition) is 1. The van der Waals surface area contributed by atoms with Crippen LogP contribution in [0.15, 0.2) is 59.8 Å². The summed E-state index contributed by atoms with van der Waals surface area (Å²) in [5.74, 6) is -0.108. The van der Waals surface area contributed by atoms with Gasteiger partial charge in [-0.25, -0.2) is 17.8 Å². The molecule has 1 N–H and O–H groups in total. The minimum Gasteiger partial charge on any atom is -0.258 e. The molecule has 26 heavy (non-hydrogen) atoms. The SMILES string of the molecule is Cc1ccc(Cn2cnc(NS(=O)(=O)c3cccc([N+](=O)[O-])c3)n2)cc1. The number of nitro groups is 1. The lowest BCUT2D eigenvalue weighted by Crippen LogP contribution is -2.14. The van der Waals surface area contributed by atoms with E-state index >= 15 is 0 Å². The van der Waals surface area contributed by atoms with E-state index in [1.54, 1.807) is 0 Å². The van der Waals surface area contributed by atoms with Gasteiger partial charge in [0.15, 0.2) is 0 Å². The largest absolute Gasteiger partial charge is 0.270 e. The van der Waals surface area contributed by atoms with E-state index in [1.165, 1.54) is 29.2 Å². The fourth-order valence-electron chi connectivity index (χ4n) is 2.24. The standard InChI is InChI=1S/C16H15N5O4S/c1-12-5-7-13(8-6-12)10-20-11-17-16(18-20)19-26(24,25)15-4-2-3-14(9-15)21(22)23/h2-9,11H,10H2,1H3,(H,18,19). The molecule has 0 amide bonds. The van der Waals surface area contributed by atoms with Crippen LogP contribution in [-0.2, 0) is 16.6 Å². The van der Waals surface area contributed by atoms with Crippen LogP contribution < -0.4 is 4.72 Å². The summed E-state index contributed by atoms with van der Waals surface area (Å²) in [4.78, 5) is 13.8. The smallest absolute Gasteiger partial charge is 0.258 e. The Morgan fingerprint density at radius 1 is 1.19 bits per heavy atom. The van der Waals surface area contributed by atoms with Crippen molar-refractivity contribution in [1.82, 2.24) is 14.8 Å². The molecule has 0 atom stereocenters. The van der Waals surface area contributed by atoms with Crippen LogP contribution in [0.5, 0.6) is 0 Å². The van der Waals surface area contributed by atoms with E-state index in [2.05, 4.69) is 14.8 Å². The number of rotatable bonds is 6. The number of aryl methyl sites for hydroxylation is 1. The summed E-state index contributed by atoms with van der Waals surface area (Å²) in [5.41, 5.74) is 1.82. The zero-order valence-electron chi connectivity index (χ0n) is 13.7. The van der Waals surface area contributed by atoms with Gasteiger partial charge in [-0.05, 0) is 18.6 Å². The molecule has 0 aliphatic carbocycles. The Balaban J connectivity index is 1.76. The molecular weight excluding hydrogens is 358 g/mol. The van der Waals surface area contributed by atoms with Crippen molar-refractivity contribution in [3.8, 4) is 0 Å². The Morgan fingerprint density at radius 2 is 1.92 bits per heavy atom. The number of aromatic nitrogens is 3. The maximum atomic E-state index is 12.4. The van der Waals surface area contributed by atoms with Gasteiger partial charge in [-0.3, -0.25) is 10.1 Å². The highest BCUT2D eigenvalue weighted by molar-refractivity contribution is 7.92. The summed E-state index contributed by atoms with van der Waals surface area (Å²) in [6.45, 7) is 2.42. The summed E-state index contributed by atoms with van der Waals surface area (Å²) >= 11 is 0. The Kier molecular flexibility index (Phi) is 4.67. The molecular formula is C16H15N5O4S. The van der Waals surface area contributed by atoms with Crippen molar-refractivity contribution in [2.75, 3.05) is 4.72 Å². The van der Waals surface area contributed by atoms with Crippen LogP contribution >= 0.6 is 0 Å². The molecule has 1 aromatic heterocycles. The average Bonchev–Trinajstić information content (AvgIpc) is 3.03.